The zero-order valence-electron chi connectivity index (χ0n) is 7.15. The zero-order chi connectivity index (χ0) is 7.56. The molecule has 0 heteroatoms. The van der Waals surface area contributed by atoms with Gasteiger partial charge in [-0.05, 0) is 43.3 Å². The second-order valence-corrected chi connectivity index (χ2v) is 3.13. The van der Waals surface area contributed by atoms with Crippen LogP contribution in [0.2, 0.25) is 0 Å². The van der Waals surface area contributed by atoms with Crippen LogP contribution in [0.15, 0.2) is 17.4 Å². The van der Waals surface area contributed by atoms with Gasteiger partial charge in [0.25, 0.3) is 0 Å². The average molecular weight is 136 g/mol. The Morgan fingerprint density at radius 2 is 2.30 bits per heavy atom. The molecule has 0 heterocycles. The van der Waals surface area contributed by atoms with Crippen molar-refractivity contribution in [1.82, 2.24) is 0 Å². The number of rotatable bonds is 2. The first-order valence-corrected chi connectivity index (χ1v) is 4.19. The van der Waals surface area contributed by atoms with Gasteiger partial charge in [0.1, 0.15) is 0 Å². The van der Waals surface area contributed by atoms with Gasteiger partial charge in [0, 0.05) is 0 Å². The third-order valence-corrected chi connectivity index (χ3v) is 2.27. The van der Waals surface area contributed by atoms with Crippen molar-refractivity contribution in [3.8, 4) is 0 Å². The maximum atomic E-state index is 3.32. The van der Waals surface area contributed by atoms with E-state index < -0.39 is 0 Å². The number of hydrogen-bond donors (Lipinski definition) is 0. The Kier molecular flexibility index (Phi) is 2.34. The van der Waals surface area contributed by atoms with E-state index in [1.165, 1.54) is 18.4 Å². The third-order valence-electron chi connectivity index (χ3n) is 2.27. The molecule has 0 bridgehead atoms. The molecule has 0 N–H and O–H groups in total. The van der Waals surface area contributed by atoms with Crippen molar-refractivity contribution >= 4 is 0 Å². The molecule has 0 aromatic heterocycles. The molecule has 1 aliphatic rings. The van der Waals surface area contributed by atoms with Gasteiger partial charge in [-0.1, -0.05) is 13.8 Å². The first-order valence-electron chi connectivity index (χ1n) is 4.19. The molecule has 0 amide bonds. The molecule has 56 valence electrons. The van der Waals surface area contributed by atoms with Crippen LogP contribution in [0.1, 0.15) is 33.6 Å². The molecule has 0 aromatic carbocycles. The highest BCUT2D eigenvalue weighted by Crippen LogP contribution is 2.44. The highest BCUT2D eigenvalue weighted by molar-refractivity contribution is 5.13. The molecule has 2 atom stereocenters. The lowest BCUT2D eigenvalue weighted by atomic mass is 10.1. The first-order chi connectivity index (χ1) is 4.79. The van der Waals surface area contributed by atoms with E-state index in [9.17, 15) is 0 Å². The second-order valence-electron chi connectivity index (χ2n) is 3.13. The van der Waals surface area contributed by atoms with Gasteiger partial charge in [-0.25, -0.2) is 0 Å². The summed E-state index contributed by atoms with van der Waals surface area (Å²) < 4.78 is 0. The van der Waals surface area contributed by atoms with E-state index in [1.54, 1.807) is 0 Å². The van der Waals surface area contributed by atoms with Crippen LogP contribution in [0.3, 0.4) is 0 Å². The zero-order valence-corrected chi connectivity index (χ0v) is 7.15. The first kappa shape index (κ1) is 7.63. The van der Waals surface area contributed by atoms with Gasteiger partial charge < -0.3 is 0 Å². The van der Waals surface area contributed by atoms with Gasteiger partial charge in [-0.2, -0.15) is 0 Å². The smallest absolute Gasteiger partial charge is 0.00986 e. The maximum absolute atomic E-state index is 3.32. The minimum atomic E-state index is 0.876. The SMILES string of the molecule is CC=C=C(CC)C1CC1C. The van der Waals surface area contributed by atoms with Crippen molar-refractivity contribution in [2.75, 3.05) is 0 Å². The van der Waals surface area contributed by atoms with Crippen LogP contribution in [-0.2, 0) is 0 Å². The highest BCUT2D eigenvalue weighted by atomic mass is 14.4. The summed E-state index contributed by atoms with van der Waals surface area (Å²) in [5.74, 6) is 1.81. The lowest BCUT2D eigenvalue weighted by Crippen LogP contribution is -1.82. The van der Waals surface area contributed by atoms with Gasteiger partial charge in [-0.15, -0.1) is 5.73 Å². The standard InChI is InChI=1S/C10H16/c1-4-6-9(5-2)10-7-8(10)3/h4,8,10H,5,7H2,1-3H3. The summed E-state index contributed by atoms with van der Waals surface area (Å²) in [6.45, 7) is 6.58. The minimum Gasteiger partial charge on any atom is -0.126 e. The topological polar surface area (TPSA) is 0 Å². The fourth-order valence-electron chi connectivity index (χ4n) is 1.46. The van der Waals surface area contributed by atoms with E-state index in [0.29, 0.717) is 0 Å². The van der Waals surface area contributed by atoms with E-state index in [4.69, 9.17) is 0 Å². The molecule has 0 aliphatic heterocycles. The number of allylic oxidation sites excluding steroid dienone is 1. The lowest BCUT2D eigenvalue weighted by molar-refractivity contribution is 0.819. The summed E-state index contributed by atoms with van der Waals surface area (Å²) in [4.78, 5) is 0. The van der Waals surface area contributed by atoms with Crippen LogP contribution in [0.5, 0.6) is 0 Å². The van der Waals surface area contributed by atoms with Crippen molar-refractivity contribution in [3.05, 3.63) is 17.4 Å². The summed E-state index contributed by atoms with van der Waals surface area (Å²) >= 11 is 0. The normalized spacial score (nSPS) is 29.1. The van der Waals surface area contributed by atoms with Crippen LogP contribution in [0.25, 0.3) is 0 Å². The molecule has 1 aliphatic carbocycles. The monoisotopic (exact) mass is 136 g/mol. The van der Waals surface area contributed by atoms with Crippen LogP contribution in [0, 0.1) is 11.8 Å². The second kappa shape index (κ2) is 3.07. The molecule has 1 fully saturated rings. The highest BCUT2D eigenvalue weighted by Gasteiger charge is 2.34. The summed E-state index contributed by atoms with van der Waals surface area (Å²) in [5, 5.41) is 0. The molecule has 10 heavy (non-hydrogen) atoms. The predicted molar refractivity (Wildman–Crippen MR) is 44.8 cm³/mol. The van der Waals surface area contributed by atoms with Gasteiger partial charge >= 0.3 is 0 Å². The largest absolute Gasteiger partial charge is 0.126 e. The Balaban J connectivity index is 2.59. The maximum Gasteiger partial charge on any atom is -0.00986 e. The molecule has 0 radical (unpaired) electrons. The molecular weight excluding hydrogens is 120 g/mol. The van der Waals surface area contributed by atoms with Gasteiger partial charge in [0.15, 0.2) is 0 Å². The van der Waals surface area contributed by atoms with Gasteiger partial charge in [-0.3, -0.25) is 0 Å². The minimum absolute atomic E-state index is 0.876. The molecule has 0 aromatic rings. The van der Waals surface area contributed by atoms with Gasteiger partial charge in [0.2, 0.25) is 0 Å². The van der Waals surface area contributed by atoms with Crippen molar-refractivity contribution in [3.63, 3.8) is 0 Å². The summed E-state index contributed by atoms with van der Waals surface area (Å²) in [6.07, 6.45) is 4.60. The van der Waals surface area contributed by atoms with E-state index in [1.807, 2.05) is 13.0 Å². The Bertz CT molecular complexity index is 170. The van der Waals surface area contributed by atoms with E-state index >= 15 is 0 Å². The molecule has 0 nitrogen and oxygen atoms in total. The fraction of sp³-hybridized carbons (Fsp3) is 0.700. The van der Waals surface area contributed by atoms with Crippen molar-refractivity contribution in [1.29, 1.82) is 0 Å². The molecular formula is C10H16. The summed E-state index contributed by atoms with van der Waals surface area (Å²) in [5.41, 5.74) is 4.84. The number of hydrogen-bond acceptors (Lipinski definition) is 0. The lowest BCUT2D eigenvalue weighted by Gasteiger charge is -1.95. The Hall–Kier alpha value is -0.480. The van der Waals surface area contributed by atoms with Crippen molar-refractivity contribution in [2.45, 2.75) is 33.6 Å². The quantitative estimate of drug-likeness (QED) is 0.511. The van der Waals surface area contributed by atoms with E-state index in [0.717, 1.165) is 11.8 Å². The third kappa shape index (κ3) is 1.52. The molecule has 1 saturated carbocycles. The molecule has 0 spiro atoms. The van der Waals surface area contributed by atoms with E-state index in [2.05, 4.69) is 19.6 Å². The van der Waals surface area contributed by atoms with Crippen molar-refractivity contribution < 1.29 is 0 Å². The Morgan fingerprint density at radius 3 is 2.60 bits per heavy atom. The summed E-state index contributed by atoms with van der Waals surface area (Å²) in [7, 11) is 0. The van der Waals surface area contributed by atoms with Gasteiger partial charge in [0.05, 0.1) is 0 Å². The van der Waals surface area contributed by atoms with Crippen molar-refractivity contribution in [2.24, 2.45) is 11.8 Å². The average Bonchev–Trinajstić information content (AvgIpc) is 2.62. The molecule has 1 rings (SSSR count). The summed E-state index contributed by atoms with van der Waals surface area (Å²) in [6, 6.07) is 0. The van der Waals surface area contributed by atoms with Crippen LogP contribution in [-0.4, -0.2) is 0 Å². The van der Waals surface area contributed by atoms with E-state index in [-0.39, 0.29) is 0 Å². The molecule has 0 saturated heterocycles. The van der Waals surface area contributed by atoms with Crippen LogP contribution < -0.4 is 0 Å². The van der Waals surface area contributed by atoms with Crippen LogP contribution >= 0.6 is 0 Å². The van der Waals surface area contributed by atoms with Crippen LogP contribution in [0.4, 0.5) is 0 Å². The predicted octanol–water partition coefficient (Wildman–Crippen LogP) is 3.15. The molecule has 2 unspecified atom stereocenters. The fourth-order valence-corrected chi connectivity index (χ4v) is 1.46. The Morgan fingerprint density at radius 1 is 1.70 bits per heavy atom. The Labute approximate surface area is 63.6 Å².